The van der Waals surface area contributed by atoms with Gasteiger partial charge in [-0.3, -0.25) is 0 Å². The van der Waals surface area contributed by atoms with Crippen molar-refractivity contribution in [1.29, 1.82) is 0 Å². The van der Waals surface area contributed by atoms with Crippen molar-refractivity contribution < 1.29 is 0 Å². The Hall–Kier alpha value is -3.29. The minimum Gasteiger partial charge on any atom is -0.310 e. The SMILES string of the molecule is CCCCc1nc(C(C)C)nn1Cc1ccc(-n2c(-c3nn[nH]n3)ccc2C(C)(C)C)cc1. The van der Waals surface area contributed by atoms with Crippen LogP contribution < -0.4 is 0 Å². The van der Waals surface area contributed by atoms with Crippen LogP contribution in [0.3, 0.4) is 0 Å². The van der Waals surface area contributed by atoms with Gasteiger partial charge in [-0.1, -0.05) is 60.1 Å². The average Bonchev–Trinajstić information content (AvgIpc) is 3.51. The number of nitrogens with zero attached hydrogens (tertiary/aromatic N) is 7. The highest BCUT2D eigenvalue weighted by atomic mass is 15.5. The summed E-state index contributed by atoms with van der Waals surface area (Å²) in [6, 6.07) is 12.8. The molecule has 0 aliphatic carbocycles. The molecule has 33 heavy (non-hydrogen) atoms. The Morgan fingerprint density at radius 2 is 1.79 bits per heavy atom. The molecule has 0 radical (unpaired) electrons. The summed E-state index contributed by atoms with van der Waals surface area (Å²) in [5, 5.41) is 19.5. The van der Waals surface area contributed by atoms with Crippen LogP contribution in [0.4, 0.5) is 0 Å². The molecule has 0 bridgehead atoms. The highest BCUT2D eigenvalue weighted by molar-refractivity contribution is 5.57. The van der Waals surface area contributed by atoms with Crippen LogP contribution in [0, 0.1) is 0 Å². The van der Waals surface area contributed by atoms with Crippen molar-refractivity contribution in [2.24, 2.45) is 0 Å². The second kappa shape index (κ2) is 9.29. The predicted molar refractivity (Wildman–Crippen MR) is 129 cm³/mol. The van der Waals surface area contributed by atoms with E-state index in [-0.39, 0.29) is 5.41 Å². The van der Waals surface area contributed by atoms with Crippen molar-refractivity contribution in [3.63, 3.8) is 0 Å². The second-order valence-electron chi connectivity index (χ2n) is 9.89. The number of benzene rings is 1. The van der Waals surface area contributed by atoms with Gasteiger partial charge in [0.2, 0.25) is 5.82 Å². The zero-order valence-corrected chi connectivity index (χ0v) is 20.5. The minimum absolute atomic E-state index is 0.0389. The Balaban J connectivity index is 1.66. The molecule has 4 rings (SSSR count). The van der Waals surface area contributed by atoms with Gasteiger partial charge < -0.3 is 4.57 Å². The van der Waals surface area contributed by atoms with Gasteiger partial charge >= 0.3 is 0 Å². The van der Waals surface area contributed by atoms with Crippen LogP contribution in [-0.4, -0.2) is 40.0 Å². The lowest BCUT2D eigenvalue weighted by atomic mass is 9.92. The monoisotopic (exact) mass is 446 g/mol. The third kappa shape index (κ3) is 4.89. The molecule has 0 atom stereocenters. The fourth-order valence-electron chi connectivity index (χ4n) is 3.95. The molecule has 0 unspecified atom stereocenters. The summed E-state index contributed by atoms with van der Waals surface area (Å²) in [5.74, 6) is 2.90. The number of tetrazole rings is 1. The van der Waals surface area contributed by atoms with Crippen LogP contribution >= 0.6 is 0 Å². The molecule has 3 heterocycles. The van der Waals surface area contributed by atoms with E-state index in [1.54, 1.807) is 0 Å². The van der Waals surface area contributed by atoms with E-state index in [0.29, 0.717) is 18.3 Å². The molecule has 0 saturated carbocycles. The fraction of sp³-hybridized carbons (Fsp3) is 0.480. The van der Waals surface area contributed by atoms with Gasteiger partial charge in [-0.25, -0.2) is 9.67 Å². The Kier molecular flexibility index (Phi) is 6.44. The molecule has 0 amide bonds. The molecular weight excluding hydrogens is 412 g/mol. The first-order chi connectivity index (χ1) is 15.8. The van der Waals surface area contributed by atoms with Gasteiger partial charge in [0.05, 0.1) is 12.2 Å². The van der Waals surface area contributed by atoms with Gasteiger partial charge in [0.25, 0.3) is 0 Å². The molecule has 0 aliphatic rings. The highest BCUT2D eigenvalue weighted by Crippen LogP contribution is 2.31. The van der Waals surface area contributed by atoms with Crippen LogP contribution in [-0.2, 0) is 18.4 Å². The Labute approximate surface area is 195 Å². The van der Waals surface area contributed by atoms with E-state index in [4.69, 9.17) is 10.1 Å². The molecule has 8 nitrogen and oxygen atoms in total. The first-order valence-electron chi connectivity index (χ1n) is 11.8. The van der Waals surface area contributed by atoms with Gasteiger partial charge in [-0.05, 0) is 41.5 Å². The summed E-state index contributed by atoms with van der Waals surface area (Å²) < 4.78 is 4.29. The lowest BCUT2D eigenvalue weighted by molar-refractivity contribution is 0.557. The van der Waals surface area contributed by atoms with Gasteiger partial charge in [0.1, 0.15) is 5.82 Å². The van der Waals surface area contributed by atoms with Crippen LogP contribution in [0.1, 0.15) is 83.2 Å². The van der Waals surface area contributed by atoms with E-state index >= 15 is 0 Å². The quantitative estimate of drug-likeness (QED) is 0.408. The second-order valence-corrected chi connectivity index (χ2v) is 9.89. The lowest BCUT2D eigenvalue weighted by Gasteiger charge is -2.23. The molecule has 0 aliphatic heterocycles. The van der Waals surface area contributed by atoms with Crippen LogP contribution in [0.15, 0.2) is 36.4 Å². The molecule has 174 valence electrons. The van der Waals surface area contributed by atoms with Crippen molar-refractivity contribution in [3.05, 3.63) is 59.3 Å². The number of aromatic amines is 1. The highest BCUT2D eigenvalue weighted by Gasteiger charge is 2.23. The Bertz CT molecular complexity index is 1170. The number of aryl methyl sites for hydroxylation is 1. The molecule has 3 aromatic heterocycles. The van der Waals surface area contributed by atoms with Gasteiger partial charge in [-0.2, -0.15) is 10.3 Å². The molecule has 1 N–H and O–H groups in total. The number of hydrogen-bond donors (Lipinski definition) is 1. The van der Waals surface area contributed by atoms with E-state index in [2.05, 4.69) is 108 Å². The van der Waals surface area contributed by atoms with E-state index in [1.807, 2.05) is 0 Å². The van der Waals surface area contributed by atoms with E-state index in [1.165, 1.54) is 11.3 Å². The molecule has 1 aromatic carbocycles. The molecule has 4 aromatic rings. The number of unbranched alkanes of at least 4 members (excludes halogenated alkanes) is 1. The number of H-pyrrole nitrogens is 1. The zero-order valence-electron chi connectivity index (χ0n) is 20.5. The lowest BCUT2D eigenvalue weighted by Crippen LogP contribution is -2.17. The molecule has 0 spiro atoms. The van der Waals surface area contributed by atoms with Crippen molar-refractivity contribution in [3.8, 4) is 17.2 Å². The van der Waals surface area contributed by atoms with Crippen molar-refractivity contribution in [2.45, 2.75) is 78.7 Å². The average molecular weight is 447 g/mol. The third-order valence-electron chi connectivity index (χ3n) is 5.79. The van der Waals surface area contributed by atoms with E-state index < -0.39 is 0 Å². The van der Waals surface area contributed by atoms with Gasteiger partial charge in [0.15, 0.2) is 5.82 Å². The van der Waals surface area contributed by atoms with Crippen molar-refractivity contribution in [1.82, 2.24) is 40.0 Å². The Morgan fingerprint density at radius 3 is 2.39 bits per heavy atom. The summed E-state index contributed by atoms with van der Waals surface area (Å²) in [5.41, 5.74) is 4.34. The van der Waals surface area contributed by atoms with E-state index in [0.717, 1.165) is 42.3 Å². The zero-order chi connectivity index (χ0) is 23.6. The molecule has 0 fully saturated rings. The summed E-state index contributed by atoms with van der Waals surface area (Å²) in [6.07, 6.45) is 3.23. The van der Waals surface area contributed by atoms with Gasteiger partial charge in [0, 0.05) is 29.1 Å². The normalized spacial score (nSPS) is 12.1. The number of rotatable bonds is 8. The molecule has 8 heteroatoms. The third-order valence-corrected chi connectivity index (χ3v) is 5.79. The number of hydrogen-bond acceptors (Lipinski definition) is 5. The van der Waals surface area contributed by atoms with Gasteiger partial charge in [-0.15, -0.1) is 10.2 Å². The predicted octanol–water partition coefficient (Wildman–Crippen LogP) is 5.06. The largest absolute Gasteiger partial charge is 0.310 e. The fourth-order valence-corrected chi connectivity index (χ4v) is 3.95. The smallest absolute Gasteiger partial charge is 0.221 e. The first-order valence-corrected chi connectivity index (χ1v) is 11.8. The number of nitrogens with one attached hydrogen (secondary N) is 1. The first kappa shape index (κ1) is 22.9. The maximum Gasteiger partial charge on any atom is 0.221 e. The van der Waals surface area contributed by atoms with Crippen LogP contribution in [0.25, 0.3) is 17.2 Å². The molecular formula is C25H34N8. The summed E-state index contributed by atoms with van der Waals surface area (Å²) in [4.78, 5) is 4.81. The topological polar surface area (TPSA) is 90.1 Å². The van der Waals surface area contributed by atoms with E-state index in [9.17, 15) is 0 Å². The van der Waals surface area contributed by atoms with Crippen LogP contribution in [0.2, 0.25) is 0 Å². The maximum absolute atomic E-state index is 4.81. The number of aromatic nitrogens is 8. The maximum atomic E-state index is 4.81. The minimum atomic E-state index is -0.0389. The Morgan fingerprint density at radius 1 is 1.03 bits per heavy atom. The van der Waals surface area contributed by atoms with Crippen molar-refractivity contribution in [2.75, 3.05) is 0 Å². The van der Waals surface area contributed by atoms with Crippen molar-refractivity contribution >= 4 is 0 Å². The summed E-state index contributed by atoms with van der Waals surface area (Å²) in [6.45, 7) is 13.8. The van der Waals surface area contributed by atoms with Crippen LogP contribution in [0.5, 0.6) is 0 Å². The molecule has 0 saturated heterocycles. The summed E-state index contributed by atoms with van der Waals surface area (Å²) >= 11 is 0. The standard InChI is InChI=1S/C25H34N8/c1-7-8-9-22-26-23(17(2)3)29-32(22)16-18-10-12-19(13-11-18)33-20(24-27-30-31-28-24)14-15-21(33)25(4,5)6/h10-15,17H,7-9,16H2,1-6H3,(H,27,28,30,31). The summed E-state index contributed by atoms with van der Waals surface area (Å²) in [7, 11) is 0.